The molecule has 1 unspecified atom stereocenters. The third-order valence-electron chi connectivity index (χ3n) is 3.34. The fraction of sp³-hybridized carbons (Fsp3) is 0.368. The summed E-state index contributed by atoms with van der Waals surface area (Å²) >= 11 is 0. The van der Waals surface area contributed by atoms with E-state index in [1.165, 1.54) is 11.1 Å². The Hall–Kier alpha value is -1.80. The molecule has 0 heterocycles. The zero-order chi connectivity index (χ0) is 15.3. The van der Waals surface area contributed by atoms with Gasteiger partial charge in [-0.1, -0.05) is 48.5 Å². The number of hydrogen-bond donors (Lipinski definition) is 1. The van der Waals surface area contributed by atoms with Crippen LogP contribution in [0, 0.1) is 0 Å². The van der Waals surface area contributed by atoms with Crippen molar-refractivity contribution in [2.24, 2.45) is 0 Å². The zero-order valence-corrected chi connectivity index (χ0v) is 13.4. The number of hydrogen-bond acceptors (Lipinski definition) is 2. The Morgan fingerprint density at radius 1 is 0.952 bits per heavy atom. The molecule has 0 fully saturated rings. The molecule has 2 rings (SSSR count). The van der Waals surface area contributed by atoms with Gasteiger partial charge in [0.1, 0.15) is 0 Å². The highest BCUT2D eigenvalue weighted by Gasteiger charge is 2.22. The van der Waals surface area contributed by atoms with E-state index in [1.54, 1.807) is 0 Å². The van der Waals surface area contributed by atoms with Crippen molar-refractivity contribution in [2.75, 3.05) is 12.4 Å². The van der Waals surface area contributed by atoms with E-state index in [0.717, 1.165) is 12.1 Å². The lowest BCUT2D eigenvalue weighted by Gasteiger charge is -2.29. The first kappa shape index (κ1) is 15.6. The summed E-state index contributed by atoms with van der Waals surface area (Å²) < 4.78 is 6.33. The van der Waals surface area contributed by atoms with Crippen molar-refractivity contribution in [1.29, 1.82) is 0 Å². The fourth-order valence-electron chi connectivity index (χ4n) is 2.48. The summed E-state index contributed by atoms with van der Waals surface area (Å²) in [7, 11) is 1.95. The molecule has 0 radical (unpaired) electrons. The molecular formula is C19H25NO. The van der Waals surface area contributed by atoms with Crippen molar-refractivity contribution in [3.05, 3.63) is 65.7 Å². The Kier molecular flexibility index (Phi) is 5.03. The molecule has 0 saturated heterocycles. The maximum absolute atomic E-state index is 6.33. The third-order valence-corrected chi connectivity index (χ3v) is 3.34. The molecule has 2 aromatic carbocycles. The average molecular weight is 283 g/mol. The van der Waals surface area contributed by atoms with Gasteiger partial charge in [0.15, 0.2) is 0 Å². The van der Waals surface area contributed by atoms with Crippen LogP contribution in [0.3, 0.4) is 0 Å². The molecule has 0 amide bonds. The molecule has 0 aliphatic rings. The highest BCUT2D eigenvalue weighted by molar-refractivity contribution is 5.52. The molecule has 2 nitrogen and oxygen atoms in total. The van der Waals surface area contributed by atoms with E-state index in [0.29, 0.717) is 0 Å². The van der Waals surface area contributed by atoms with E-state index in [1.807, 2.05) is 19.2 Å². The lowest BCUT2D eigenvalue weighted by molar-refractivity contribution is -0.0610. The second-order valence-electron chi connectivity index (χ2n) is 6.25. The summed E-state index contributed by atoms with van der Waals surface area (Å²) in [5, 5.41) is 3.27. The standard InChI is InChI=1S/C19H25NO/c1-19(2,3)21-18(14-15-10-6-5-7-11-15)16-12-8-9-13-17(16)20-4/h5-13,18,20H,14H2,1-4H3. The number of anilines is 1. The maximum atomic E-state index is 6.33. The first-order valence-electron chi connectivity index (χ1n) is 7.48. The molecule has 2 aromatic rings. The summed E-state index contributed by atoms with van der Waals surface area (Å²) in [6.45, 7) is 6.31. The normalized spacial score (nSPS) is 13.0. The van der Waals surface area contributed by atoms with Crippen molar-refractivity contribution in [1.82, 2.24) is 0 Å². The van der Waals surface area contributed by atoms with Gasteiger partial charge in [-0.3, -0.25) is 0 Å². The summed E-state index contributed by atoms with van der Waals surface area (Å²) in [6, 6.07) is 18.9. The highest BCUT2D eigenvalue weighted by Crippen LogP contribution is 2.32. The van der Waals surface area contributed by atoms with Gasteiger partial charge in [0.25, 0.3) is 0 Å². The SMILES string of the molecule is CNc1ccccc1C(Cc1ccccc1)OC(C)(C)C. The Morgan fingerprint density at radius 2 is 1.57 bits per heavy atom. The number of benzene rings is 2. The fourth-order valence-corrected chi connectivity index (χ4v) is 2.48. The van der Waals surface area contributed by atoms with Gasteiger partial charge in [-0.25, -0.2) is 0 Å². The Morgan fingerprint density at radius 3 is 2.19 bits per heavy atom. The van der Waals surface area contributed by atoms with E-state index in [4.69, 9.17) is 4.74 Å². The maximum Gasteiger partial charge on any atom is 0.0892 e. The zero-order valence-electron chi connectivity index (χ0n) is 13.4. The highest BCUT2D eigenvalue weighted by atomic mass is 16.5. The molecule has 0 aliphatic heterocycles. The van der Waals surface area contributed by atoms with Crippen LogP contribution >= 0.6 is 0 Å². The summed E-state index contributed by atoms with van der Waals surface area (Å²) in [5.74, 6) is 0. The summed E-state index contributed by atoms with van der Waals surface area (Å²) in [4.78, 5) is 0. The van der Waals surface area contributed by atoms with Crippen LogP contribution in [0.2, 0.25) is 0 Å². The van der Waals surface area contributed by atoms with Gasteiger partial charge in [-0.15, -0.1) is 0 Å². The molecule has 0 spiro atoms. The van der Waals surface area contributed by atoms with Gasteiger partial charge in [-0.2, -0.15) is 0 Å². The smallest absolute Gasteiger partial charge is 0.0892 e. The molecular weight excluding hydrogens is 258 g/mol. The average Bonchev–Trinajstić information content (AvgIpc) is 2.46. The number of ether oxygens (including phenoxy) is 1. The van der Waals surface area contributed by atoms with E-state index >= 15 is 0 Å². The second kappa shape index (κ2) is 6.77. The first-order chi connectivity index (χ1) is 9.99. The lowest BCUT2D eigenvalue weighted by atomic mass is 9.98. The van der Waals surface area contributed by atoms with Crippen LogP contribution in [0.15, 0.2) is 54.6 Å². The van der Waals surface area contributed by atoms with Crippen LogP contribution in [-0.4, -0.2) is 12.6 Å². The first-order valence-corrected chi connectivity index (χ1v) is 7.48. The molecule has 1 atom stereocenters. The van der Waals surface area contributed by atoms with Crippen molar-refractivity contribution in [2.45, 2.75) is 38.9 Å². The van der Waals surface area contributed by atoms with Crippen LogP contribution < -0.4 is 5.32 Å². The largest absolute Gasteiger partial charge is 0.388 e. The Balaban J connectivity index is 2.31. The van der Waals surface area contributed by atoms with Crippen molar-refractivity contribution in [3.63, 3.8) is 0 Å². The van der Waals surface area contributed by atoms with Crippen LogP contribution in [0.4, 0.5) is 5.69 Å². The molecule has 112 valence electrons. The van der Waals surface area contributed by atoms with Crippen LogP contribution in [0.1, 0.15) is 38.0 Å². The number of para-hydroxylation sites is 1. The molecule has 0 aromatic heterocycles. The Labute approximate surface area is 128 Å². The number of nitrogens with one attached hydrogen (secondary N) is 1. The predicted octanol–water partition coefficient (Wildman–Crippen LogP) is 4.83. The minimum absolute atomic E-state index is 0.0380. The van der Waals surface area contributed by atoms with Gasteiger partial charge in [0, 0.05) is 24.7 Å². The Bertz CT molecular complexity index is 557. The number of rotatable bonds is 5. The molecule has 0 aliphatic carbocycles. The van der Waals surface area contributed by atoms with E-state index in [2.05, 4.69) is 68.6 Å². The minimum Gasteiger partial charge on any atom is -0.388 e. The second-order valence-corrected chi connectivity index (χ2v) is 6.25. The third kappa shape index (κ3) is 4.61. The van der Waals surface area contributed by atoms with Gasteiger partial charge >= 0.3 is 0 Å². The van der Waals surface area contributed by atoms with E-state index in [-0.39, 0.29) is 11.7 Å². The molecule has 2 heteroatoms. The molecule has 0 bridgehead atoms. The van der Waals surface area contributed by atoms with Crippen molar-refractivity contribution >= 4 is 5.69 Å². The van der Waals surface area contributed by atoms with Crippen LogP contribution in [-0.2, 0) is 11.2 Å². The van der Waals surface area contributed by atoms with Crippen molar-refractivity contribution < 1.29 is 4.74 Å². The van der Waals surface area contributed by atoms with Crippen LogP contribution in [0.25, 0.3) is 0 Å². The van der Waals surface area contributed by atoms with Gasteiger partial charge in [0.2, 0.25) is 0 Å². The topological polar surface area (TPSA) is 21.3 Å². The lowest BCUT2D eigenvalue weighted by Crippen LogP contribution is -2.24. The van der Waals surface area contributed by atoms with Gasteiger partial charge in [-0.05, 0) is 32.4 Å². The van der Waals surface area contributed by atoms with Gasteiger partial charge < -0.3 is 10.1 Å². The van der Waals surface area contributed by atoms with E-state index < -0.39 is 0 Å². The van der Waals surface area contributed by atoms with Crippen LogP contribution in [0.5, 0.6) is 0 Å². The van der Waals surface area contributed by atoms with Gasteiger partial charge in [0.05, 0.1) is 11.7 Å². The predicted molar refractivity (Wildman–Crippen MR) is 89.7 cm³/mol. The summed E-state index contributed by atoms with van der Waals surface area (Å²) in [5.41, 5.74) is 3.44. The quantitative estimate of drug-likeness (QED) is 0.848. The van der Waals surface area contributed by atoms with Crippen molar-refractivity contribution in [3.8, 4) is 0 Å². The molecule has 21 heavy (non-hydrogen) atoms. The minimum atomic E-state index is -0.180. The molecule has 1 N–H and O–H groups in total. The molecule has 0 saturated carbocycles. The van der Waals surface area contributed by atoms with E-state index in [9.17, 15) is 0 Å². The monoisotopic (exact) mass is 283 g/mol. The summed E-state index contributed by atoms with van der Waals surface area (Å²) in [6.07, 6.45) is 0.910.